The first-order chi connectivity index (χ1) is 8.71. The van der Waals surface area contributed by atoms with Crippen LogP contribution in [0.15, 0.2) is 30.3 Å². The summed E-state index contributed by atoms with van der Waals surface area (Å²) in [6.07, 6.45) is 4.85. The van der Waals surface area contributed by atoms with Crippen molar-refractivity contribution in [2.45, 2.75) is 31.3 Å². The molecule has 1 aromatic carbocycles. The molecule has 2 atom stereocenters. The van der Waals surface area contributed by atoms with E-state index in [4.69, 9.17) is 0 Å². The van der Waals surface area contributed by atoms with E-state index >= 15 is 0 Å². The van der Waals surface area contributed by atoms with Gasteiger partial charge in [-0.3, -0.25) is 0 Å². The van der Waals surface area contributed by atoms with Crippen LogP contribution < -0.4 is 0 Å². The Kier molecular flexibility index (Phi) is 3.16. The minimum atomic E-state index is -0.593. The van der Waals surface area contributed by atoms with Gasteiger partial charge in [0.1, 0.15) is 0 Å². The fourth-order valence-electron chi connectivity index (χ4n) is 4.02. The van der Waals surface area contributed by atoms with Crippen LogP contribution in [0.1, 0.15) is 31.2 Å². The van der Waals surface area contributed by atoms with Crippen LogP contribution in [0.5, 0.6) is 0 Å². The van der Waals surface area contributed by atoms with Gasteiger partial charge >= 0.3 is 0 Å². The van der Waals surface area contributed by atoms with Gasteiger partial charge in [-0.25, -0.2) is 0 Å². The number of benzene rings is 1. The lowest BCUT2D eigenvalue weighted by Gasteiger charge is -2.48. The predicted molar refractivity (Wildman–Crippen MR) is 73.3 cm³/mol. The molecule has 2 nitrogen and oxygen atoms in total. The van der Waals surface area contributed by atoms with E-state index in [9.17, 15) is 5.11 Å². The van der Waals surface area contributed by atoms with E-state index in [1.807, 2.05) is 6.07 Å². The first kappa shape index (κ1) is 12.2. The fraction of sp³-hybridized carbons (Fsp3) is 0.625. The molecule has 0 aromatic heterocycles. The highest BCUT2D eigenvalue weighted by atomic mass is 16.3. The summed E-state index contributed by atoms with van der Waals surface area (Å²) in [7, 11) is 2.19. The predicted octanol–water partition coefficient (Wildman–Crippen LogP) is 2.63. The van der Waals surface area contributed by atoms with Crippen LogP contribution in [0.2, 0.25) is 0 Å². The van der Waals surface area contributed by atoms with Crippen molar-refractivity contribution in [2.24, 2.45) is 11.8 Å². The first-order valence-electron chi connectivity index (χ1n) is 7.17. The van der Waals surface area contributed by atoms with Gasteiger partial charge in [-0.15, -0.1) is 0 Å². The SMILES string of the molecule is CN1CC2CCCCC(C1)C2(O)c1ccccc1. The van der Waals surface area contributed by atoms with Crippen molar-refractivity contribution in [3.05, 3.63) is 35.9 Å². The maximum Gasteiger partial charge on any atom is 0.0976 e. The zero-order chi connectivity index (χ0) is 12.6. The van der Waals surface area contributed by atoms with E-state index in [0.29, 0.717) is 11.8 Å². The number of fused-ring (bicyclic) bond motifs is 2. The van der Waals surface area contributed by atoms with Crippen molar-refractivity contribution in [1.29, 1.82) is 0 Å². The van der Waals surface area contributed by atoms with Crippen LogP contribution in [0.3, 0.4) is 0 Å². The molecule has 1 saturated carbocycles. The lowest BCUT2D eigenvalue weighted by molar-refractivity contribution is -0.117. The number of likely N-dealkylation sites (tertiary alicyclic amines) is 1. The summed E-state index contributed by atoms with van der Waals surface area (Å²) >= 11 is 0. The van der Waals surface area contributed by atoms with Crippen LogP contribution in [0, 0.1) is 11.8 Å². The van der Waals surface area contributed by atoms with Crippen molar-refractivity contribution in [3.8, 4) is 0 Å². The Morgan fingerprint density at radius 1 is 1.06 bits per heavy atom. The molecular formula is C16H23NO. The Labute approximate surface area is 110 Å². The molecule has 2 heteroatoms. The average molecular weight is 245 g/mol. The Hall–Kier alpha value is -0.860. The summed E-state index contributed by atoms with van der Waals surface area (Å²) in [6, 6.07) is 10.4. The lowest BCUT2D eigenvalue weighted by atomic mass is 9.69. The number of hydrogen-bond acceptors (Lipinski definition) is 2. The molecule has 0 radical (unpaired) electrons. The standard InChI is InChI=1S/C16H23NO/c1-17-11-14-9-5-6-10-15(12-17)16(14,18)13-7-3-2-4-8-13/h2-4,7-8,14-15,18H,5-6,9-12H2,1H3. The van der Waals surface area contributed by atoms with Gasteiger partial charge in [0.2, 0.25) is 0 Å². The minimum Gasteiger partial charge on any atom is -0.384 e. The maximum atomic E-state index is 11.4. The lowest BCUT2D eigenvalue weighted by Crippen LogP contribution is -2.54. The van der Waals surface area contributed by atoms with Crippen LogP contribution in [-0.4, -0.2) is 30.1 Å². The van der Waals surface area contributed by atoms with Gasteiger partial charge < -0.3 is 10.0 Å². The van der Waals surface area contributed by atoms with E-state index in [-0.39, 0.29) is 0 Å². The molecule has 1 aliphatic heterocycles. The van der Waals surface area contributed by atoms with Crippen LogP contribution >= 0.6 is 0 Å². The Morgan fingerprint density at radius 3 is 2.17 bits per heavy atom. The third-order valence-electron chi connectivity index (χ3n) is 4.90. The summed E-state index contributed by atoms with van der Waals surface area (Å²) in [5.41, 5.74) is 0.541. The molecule has 2 unspecified atom stereocenters. The van der Waals surface area contributed by atoms with Crippen LogP contribution in [0.25, 0.3) is 0 Å². The van der Waals surface area contributed by atoms with Gasteiger partial charge in [-0.2, -0.15) is 0 Å². The monoisotopic (exact) mass is 245 g/mol. The van der Waals surface area contributed by atoms with Crippen molar-refractivity contribution in [3.63, 3.8) is 0 Å². The molecule has 2 aliphatic rings. The molecule has 0 amide bonds. The minimum absolute atomic E-state index is 0.395. The highest BCUT2D eigenvalue weighted by Gasteiger charge is 2.49. The third kappa shape index (κ3) is 1.88. The van der Waals surface area contributed by atoms with Gasteiger partial charge in [0.05, 0.1) is 5.60 Å². The van der Waals surface area contributed by atoms with Gasteiger partial charge in [0, 0.05) is 24.9 Å². The number of aliphatic hydroxyl groups is 1. The van der Waals surface area contributed by atoms with Crippen LogP contribution in [-0.2, 0) is 5.60 Å². The van der Waals surface area contributed by atoms with Crippen molar-refractivity contribution in [2.75, 3.05) is 20.1 Å². The zero-order valence-electron chi connectivity index (χ0n) is 11.2. The van der Waals surface area contributed by atoms with E-state index in [1.54, 1.807) is 0 Å². The smallest absolute Gasteiger partial charge is 0.0976 e. The summed E-state index contributed by atoms with van der Waals surface area (Å²) in [6.45, 7) is 2.06. The molecule has 3 rings (SSSR count). The highest BCUT2D eigenvalue weighted by molar-refractivity contribution is 5.26. The average Bonchev–Trinajstić information content (AvgIpc) is 2.48. The zero-order valence-corrected chi connectivity index (χ0v) is 11.2. The largest absolute Gasteiger partial charge is 0.384 e. The Morgan fingerprint density at radius 2 is 1.61 bits per heavy atom. The molecule has 1 aromatic rings. The van der Waals surface area contributed by atoms with Crippen LogP contribution in [0.4, 0.5) is 0 Å². The Bertz CT molecular complexity index is 387. The van der Waals surface area contributed by atoms with E-state index in [0.717, 1.165) is 31.5 Å². The molecule has 1 saturated heterocycles. The second-order valence-electron chi connectivity index (χ2n) is 6.09. The summed E-state index contributed by atoms with van der Waals surface area (Å²) < 4.78 is 0. The molecule has 1 N–H and O–H groups in total. The molecule has 1 aliphatic carbocycles. The summed E-state index contributed by atoms with van der Waals surface area (Å²) in [4.78, 5) is 2.40. The summed E-state index contributed by atoms with van der Waals surface area (Å²) in [5.74, 6) is 0.789. The highest BCUT2D eigenvalue weighted by Crippen LogP contribution is 2.47. The van der Waals surface area contributed by atoms with E-state index in [1.165, 1.54) is 12.8 Å². The molecule has 2 fully saturated rings. The fourth-order valence-corrected chi connectivity index (χ4v) is 4.02. The van der Waals surface area contributed by atoms with Gasteiger partial charge in [0.25, 0.3) is 0 Å². The van der Waals surface area contributed by atoms with E-state index < -0.39 is 5.60 Å². The Balaban J connectivity index is 2.02. The van der Waals surface area contributed by atoms with Crippen molar-refractivity contribution < 1.29 is 5.11 Å². The molecule has 1 heterocycles. The molecule has 0 spiro atoms. The maximum absolute atomic E-state index is 11.4. The summed E-state index contributed by atoms with van der Waals surface area (Å²) in [5, 5.41) is 11.4. The van der Waals surface area contributed by atoms with Gasteiger partial charge in [0.15, 0.2) is 0 Å². The second kappa shape index (κ2) is 4.67. The van der Waals surface area contributed by atoms with Crippen molar-refractivity contribution >= 4 is 0 Å². The molecule has 98 valence electrons. The normalized spacial score (nSPS) is 37.2. The van der Waals surface area contributed by atoms with Crippen molar-refractivity contribution in [1.82, 2.24) is 4.90 Å². The quantitative estimate of drug-likeness (QED) is 0.822. The number of nitrogens with zero attached hydrogens (tertiary/aromatic N) is 1. The number of hydrogen-bond donors (Lipinski definition) is 1. The number of rotatable bonds is 1. The first-order valence-corrected chi connectivity index (χ1v) is 7.17. The number of piperidine rings is 1. The molecule has 18 heavy (non-hydrogen) atoms. The van der Waals surface area contributed by atoms with Gasteiger partial charge in [-0.1, -0.05) is 43.2 Å². The second-order valence-corrected chi connectivity index (χ2v) is 6.09. The molecular weight excluding hydrogens is 222 g/mol. The molecule has 2 bridgehead atoms. The third-order valence-corrected chi connectivity index (χ3v) is 4.90. The van der Waals surface area contributed by atoms with E-state index in [2.05, 4.69) is 36.2 Å². The van der Waals surface area contributed by atoms with Gasteiger partial charge in [-0.05, 0) is 25.5 Å². The topological polar surface area (TPSA) is 23.5 Å².